The van der Waals surface area contributed by atoms with Crippen molar-refractivity contribution in [3.63, 3.8) is 0 Å². The van der Waals surface area contributed by atoms with E-state index >= 15 is 0 Å². The van der Waals surface area contributed by atoms with Gasteiger partial charge in [-0.15, -0.1) is 0 Å². The Morgan fingerprint density at radius 3 is 1.33 bits per heavy atom. The maximum Gasteiger partial charge on any atom is 0.271 e. The minimum atomic E-state index is -0.586. The zero-order valence-corrected chi connectivity index (χ0v) is 19.2. The molecular formula is C24H20N6O6. The molecule has 36 heavy (non-hydrogen) atoms. The van der Waals surface area contributed by atoms with Crippen LogP contribution in [0.5, 0.6) is 0 Å². The van der Waals surface area contributed by atoms with E-state index in [0.717, 1.165) is 12.1 Å². The Bertz CT molecular complexity index is 1290. The van der Waals surface area contributed by atoms with Gasteiger partial charge in [-0.05, 0) is 37.1 Å². The highest BCUT2D eigenvalue weighted by Crippen LogP contribution is 2.14. The molecule has 3 aromatic carbocycles. The fraction of sp³-hybridized carbons (Fsp3) is 0.0833. The summed E-state index contributed by atoms with van der Waals surface area (Å²) >= 11 is 0. The predicted molar refractivity (Wildman–Crippen MR) is 132 cm³/mol. The minimum absolute atomic E-state index is 0.107. The van der Waals surface area contributed by atoms with Crippen LogP contribution in [-0.4, -0.2) is 33.1 Å². The first-order chi connectivity index (χ1) is 17.2. The quantitative estimate of drug-likeness (QED) is 0.277. The van der Waals surface area contributed by atoms with Crippen LogP contribution in [0.1, 0.15) is 45.7 Å². The van der Waals surface area contributed by atoms with Gasteiger partial charge in [0, 0.05) is 35.4 Å². The van der Waals surface area contributed by atoms with Gasteiger partial charge in [-0.25, -0.2) is 10.9 Å². The van der Waals surface area contributed by atoms with Gasteiger partial charge in [-0.1, -0.05) is 36.4 Å². The maximum absolute atomic E-state index is 12.3. The molecule has 0 aromatic heterocycles. The second-order valence-electron chi connectivity index (χ2n) is 7.47. The molecule has 12 nitrogen and oxygen atoms in total. The Kier molecular flexibility index (Phi) is 7.92. The van der Waals surface area contributed by atoms with Gasteiger partial charge in [0.1, 0.15) is 0 Å². The molecule has 2 N–H and O–H groups in total. The van der Waals surface area contributed by atoms with Crippen LogP contribution in [0.2, 0.25) is 0 Å². The number of hydrogen-bond acceptors (Lipinski definition) is 8. The number of nitrogens with one attached hydrogen (secondary N) is 2. The zero-order valence-electron chi connectivity index (χ0n) is 19.2. The van der Waals surface area contributed by atoms with Crippen LogP contribution in [0.3, 0.4) is 0 Å². The summed E-state index contributed by atoms with van der Waals surface area (Å²) < 4.78 is 0. The van der Waals surface area contributed by atoms with Crippen molar-refractivity contribution in [2.75, 3.05) is 0 Å². The number of non-ortho nitro benzene ring substituents is 2. The highest BCUT2D eigenvalue weighted by Gasteiger charge is 2.12. The molecule has 0 aliphatic carbocycles. The van der Waals surface area contributed by atoms with Gasteiger partial charge in [-0.2, -0.15) is 10.2 Å². The lowest BCUT2D eigenvalue weighted by Crippen LogP contribution is -2.20. The first-order valence-electron chi connectivity index (χ1n) is 10.4. The van der Waals surface area contributed by atoms with E-state index in [1.807, 2.05) is 0 Å². The molecular weight excluding hydrogens is 468 g/mol. The fourth-order valence-corrected chi connectivity index (χ4v) is 3.00. The molecule has 0 aliphatic heterocycles. The lowest BCUT2D eigenvalue weighted by atomic mass is 10.1. The largest absolute Gasteiger partial charge is 0.271 e. The van der Waals surface area contributed by atoms with Gasteiger partial charge in [0.15, 0.2) is 0 Å². The Morgan fingerprint density at radius 1 is 0.639 bits per heavy atom. The van der Waals surface area contributed by atoms with Crippen LogP contribution in [0.25, 0.3) is 0 Å². The lowest BCUT2D eigenvalue weighted by molar-refractivity contribution is -0.385. The molecule has 12 heteroatoms. The van der Waals surface area contributed by atoms with E-state index in [1.54, 1.807) is 38.1 Å². The molecule has 0 aliphatic rings. The molecule has 0 spiro atoms. The van der Waals surface area contributed by atoms with Crippen molar-refractivity contribution in [2.45, 2.75) is 13.8 Å². The first-order valence-corrected chi connectivity index (χ1v) is 10.4. The smallest absolute Gasteiger partial charge is 0.267 e. The van der Waals surface area contributed by atoms with Crippen LogP contribution in [-0.2, 0) is 0 Å². The number of nitro groups is 2. The van der Waals surface area contributed by atoms with Gasteiger partial charge < -0.3 is 0 Å². The average molecular weight is 488 g/mol. The molecule has 2 amide bonds. The van der Waals surface area contributed by atoms with E-state index in [0.29, 0.717) is 22.6 Å². The van der Waals surface area contributed by atoms with Gasteiger partial charge in [0.05, 0.1) is 21.3 Å². The van der Waals surface area contributed by atoms with Crippen LogP contribution >= 0.6 is 0 Å². The number of nitrogens with zero attached hydrogens (tertiary/aromatic N) is 4. The number of carbonyl (C=O) groups is 2. The van der Waals surface area contributed by atoms with Gasteiger partial charge in [-0.3, -0.25) is 29.8 Å². The van der Waals surface area contributed by atoms with E-state index < -0.39 is 21.7 Å². The van der Waals surface area contributed by atoms with E-state index in [2.05, 4.69) is 21.1 Å². The number of rotatable bonds is 8. The Morgan fingerprint density at radius 2 is 1.00 bits per heavy atom. The molecule has 0 radical (unpaired) electrons. The standard InChI is InChI=1S/C24H20N6O6/c1-15(25-27-23(31)19-5-3-7-21(13-19)29(33)34)17-9-11-18(12-10-17)16(2)26-28-24(32)20-6-4-8-22(14-20)30(35)36/h3-14H,1-2H3,(H,27,31)(H,28,32)/b25-15+,26-16+. The first kappa shape index (κ1) is 25.4. The number of hydrazone groups is 2. The number of benzene rings is 3. The molecule has 0 saturated carbocycles. The number of hydrogen-bond donors (Lipinski definition) is 2. The molecule has 0 bridgehead atoms. The van der Waals surface area contributed by atoms with Crippen LogP contribution in [0.4, 0.5) is 11.4 Å². The summed E-state index contributed by atoms with van der Waals surface area (Å²) in [5, 5.41) is 29.8. The third-order valence-corrected chi connectivity index (χ3v) is 5.01. The van der Waals surface area contributed by atoms with E-state index in [9.17, 15) is 29.8 Å². The second-order valence-corrected chi connectivity index (χ2v) is 7.47. The monoisotopic (exact) mass is 488 g/mol. The lowest BCUT2D eigenvalue weighted by Gasteiger charge is -2.06. The van der Waals surface area contributed by atoms with E-state index in [1.165, 1.54) is 36.4 Å². The highest BCUT2D eigenvalue weighted by molar-refractivity contribution is 6.03. The zero-order chi connectivity index (χ0) is 26.2. The van der Waals surface area contributed by atoms with Crippen molar-refractivity contribution in [2.24, 2.45) is 10.2 Å². The molecule has 0 heterocycles. The van der Waals surface area contributed by atoms with Crippen molar-refractivity contribution in [1.29, 1.82) is 0 Å². The van der Waals surface area contributed by atoms with Crippen molar-refractivity contribution in [1.82, 2.24) is 10.9 Å². The molecule has 0 atom stereocenters. The van der Waals surface area contributed by atoms with Crippen molar-refractivity contribution in [3.05, 3.63) is 115 Å². The maximum atomic E-state index is 12.3. The van der Waals surface area contributed by atoms with Crippen LogP contribution in [0, 0.1) is 20.2 Å². The second kappa shape index (κ2) is 11.2. The van der Waals surface area contributed by atoms with Crippen molar-refractivity contribution >= 4 is 34.6 Å². The fourth-order valence-electron chi connectivity index (χ4n) is 3.00. The minimum Gasteiger partial charge on any atom is -0.267 e. The van der Waals surface area contributed by atoms with E-state index in [4.69, 9.17) is 0 Å². The van der Waals surface area contributed by atoms with E-state index in [-0.39, 0.29) is 22.5 Å². The van der Waals surface area contributed by atoms with Crippen LogP contribution < -0.4 is 10.9 Å². The SMILES string of the molecule is C/C(=N\NC(=O)c1cccc([N+](=O)[O-])c1)c1ccc(/C(C)=N/NC(=O)c2cccc([N+](=O)[O-])c2)cc1. The molecule has 182 valence electrons. The third-order valence-electron chi connectivity index (χ3n) is 5.01. The van der Waals surface area contributed by atoms with Gasteiger partial charge in [0.2, 0.25) is 0 Å². The molecule has 0 unspecified atom stereocenters. The number of amides is 2. The average Bonchev–Trinajstić information content (AvgIpc) is 2.90. The van der Waals surface area contributed by atoms with Gasteiger partial charge >= 0.3 is 0 Å². The summed E-state index contributed by atoms with van der Waals surface area (Å²) in [5.74, 6) is -1.17. The Labute approximate surface area is 204 Å². The Balaban J connectivity index is 1.64. The summed E-state index contributed by atoms with van der Waals surface area (Å²) in [5.41, 5.74) is 6.95. The summed E-state index contributed by atoms with van der Waals surface area (Å²) in [4.78, 5) is 45.1. The molecule has 3 aromatic rings. The normalized spacial score (nSPS) is 11.5. The highest BCUT2D eigenvalue weighted by atomic mass is 16.6. The summed E-state index contributed by atoms with van der Waals surface area (Å²) in [6.07, 6.45) is 0. The van der Waals surface area contributed by atoms with Crippen LogP contribution in [0.15, 0.2) is 83.0 Å². The molecule has 0 saturated heterocycles. The Hall–Kier alpha value is -5.26. The summed E-state index contributed by atoms with van der Waals surface area (Å²) in [6, 6.07) is 17.6. The summed E-state index contributed by atoms with van der Waals surface area (Å²) in [6.45, 7) is 3.37. The molecule has 0 fully saturated rings. The predicted octanol–water partition coefficient (Wildman–Crippen LogP) is 3.81. The number of carbonyl (C=O) groups excluding carboxylic acids is 2. The number of nitro benzene ring substituents is 2. The topological polar surface area (TPSA) is 169 Å². The molecule has 3 rings (SSSR count). The van der Waals surface area contributed by atoms with Crippen molar-refractivity contribution in [3.8, 4) is 0 Å². The van der Waals surface area contributed by atoms with Crippen molar-refractivity contribution < 1.29 is 19.4 Å². The van der Waals surface area contributed by atoms with Gasteiger partial charge in [0.25, 0.3) is 23.2 Å². The summed E-state index contributed by atoms with van der Waals surface area (Å²) in [7, 11) is 0. The third kappa shape index (κ3) is 6.41.